The molecular formula is C25H28N4O2. The Morgan fingerprint density at radius 2 is 1.71 bits per heavy atom. The molecule has 2 fully saturated rings. The van der Waals surface area contributed by atoms with Gasteiger partial charge < -0.3 is 9.64 Å². The lowest BCUT2D eigenvalue weighted by Gasteiger charge is -2.34. The molecule has 31 heavy (non-hydrogen) atoms. The maximum absolute atomic E-state index is 12.4. The number of piperazine rings is 1. The maximum Gasteiger partial charge on any atom is 0.225 e. The van der Waals surface area contributed by atoms with Gasteiger partial charge in [0, 0.05) is 56.0 Å². The van der Waals surface area contributed by atoms with E-state index in [1.807, 2.05) is 39.9 Å². The third-order valence-corrected chi connectivity index (χ3v) is 6.18. The lowest BCUT2D eigenvalue weighted by Crippen LogP contribution is -2.48. The van der Waals surface area contributed by atoms with E-state index >= 15 is 0 Å². The van der Waals surface area contributed by atoms with Crippen LogP contribution in [0.3, 0.4) is 0 Å². The van der Waals surface area contributed by atoms with Crippen molar-refractivity contribution >= 4 is 5.91 Å². The number of para-hydroxylation sites is 1. The maximum atomic E-state index is 12.4. The second kappa shape index (κ2) is 8.55. The van der Waals surface area contributed by atoms with Crippen molar-refractivity contribution in [3.63, 3.8) is 0 Å². The van der Waals surface area contributed by atoms with E-state index in [1.54, 1.807) is 7.11 Å². The van der Waals surface area contributed by atoms with Crippen LogP contribution in [-0.4, -0.2) is 58.8 Å². The Balaban J connectivity index is 1.37. The van der Waals surface area contributed by atoms with Crippen molar-refractivity contribution in [1.29, 1.82) is 0 Å². The summed E-state index contributed by atoms with van der Waals surface area (Å²) in [4.78, 5) is 16.8. The summed E-state index contributed by atoms with van der Waals surface area (Å²) >= 11 is 0. The van der Waals surface area contributed by atoms with Gasteiger partial charge in [0.25, 0.3) is 0 Å². The molecule has 2 heterocycles. The van der Waals surface area contributed by atoms with Crippen LogP contribution < -0.4 is 4.74 Å². The van der Waals surface area contributed by atoms with E-state index in [9.17, 15) is 4.79 Å². The first-order valence-electron chi connectivity index (χ1n) is 11.0. The topological polar surface area (TPSA) is 50.6 Å². The predicted octanol–water partition coefficient (Wildman–Crippen LogP) is 3.60. The summed E-state index contributed by atoms with van der Waals surface area (Å²) in [6.45, 7) is 4.26. The summed E-state index contributed by atoms with van der Waals surface area (Å²) in [5, 5.41) is 4.93. The number of amides is 1. The van der Waals surface area contributed by atoms with Crippen LogP contribution in [0, 0.1) is 5.92 Å². The van der Waals surface area contributed by atoms with Crippen molar-refractivity contribution in [2.75, 3.05) is 33.3 Å². The zero-order valence-corrected chi connectivity index (χ0v) is 17.9. The van der Waals surface area contributed by atoms with Gasteiger partial charge in [-0.05, 0) is 49.2 Å². The molecule has 3 aromatic rings. The zero-order chi connectivity index (χ0) is 21.2. The molecule has 6 heteroatoms. The summed E-state index contributed by atoms with van der Waals surface area (Å²) in [6, 6.07) is 18.3. The van der Waals surface area contributed by atoms with Crippen LogP contribution in [0.4, 0.5) is 0 Å². The fourth-order valence-electron chi connectivity index (χ4n) is 4.19. The quantitative estimate of drug-likeness (QED) is 0.616. The Labute approximate surface area is 183 Å². The van der Waals surface area contributed by atoms with Crippen molar-refractivity contribution in [3.8, 4) is 22.7 Å². The van der Waals surface area contributed by atoms with Crippen molar-refractivity contribution in [3.05, 3.63) is 66.4 Å². The minimum atomic E-state index is 0.303. The van der Waals surface area contributed by atoms with Crippen molar-refractivity contribution in [2.45, 2.75) is 19.4 Å². The van der Waals surface area contributed by atoms with Gasteiger partial charge in [-0.3, -0.25) is 9.69 Å². The molecule has 1 aromatic heterocycles. The number of methoxy groups -OCH3 is 1. The largest absolute Gasteiger partial charge is 0.497 e. The number of hydrogen-bond acceptors (Lipinski definition) is 4. The minimum Gasteiger partial charge on any atom is -0.497 e. The standard InChI is InChI=1S/C25H28N4O2/c1-31-23-11-9-19(10-12-23)24-21(18-29(26-24)22-5-3-2-4-6-22)17-27-13-15-28(16-14-27)25(30)20-7-8-20/h2-6,9-12,18,20H,7-8,13-17H2,1H3. The molecule has 1 saturated carbocycles. The van der Waals surface area contributed by atoms with E-state index in [2.05, 4.69) is 35.4 Å². The van der Waals surface area contributed by atoms with Crippen LogP contribution in [0.15, 0.2) is 60.8 Å². The van der Waals surface area contributed by atoms with Crippen LogP contribution in [0.25, 0.3) is 16.9 Å². The molecule has 2 aliphatic rings. The van der Waals surface area contributed by atoms with E-state index in [0.717, 1.165) is 68.3 Å². The summed E-state index contributed by atoms with van der Waals surface area (Å²) in [6.07, 6.45) is 4.28. The molecule has 1 aliphatic heterocycles. The summed E-state index contributed by atoms with van der Waals surface area (Å²) in [7, 11) is 1.68. The highest BCUT2D eigenvalue weighted by molar-refractivity contribution is 5.81. The van der Waals surface area contributed by atoms with E-state index in [4.69, 9.17) is 9.84 Å². The summed E-state index contributed by atoms with van der Waals surface area (Å²) < 4.78 is 7.28. The number of carbonyl (C=O) groups is 1. The fraction of sp³-hybridized carbons (Fsp3) is 0.360. The van der Waals surface area contributed by atoms with Gasteiger partial charge in [0.2, 0.25) is 5.91 Å². The van der Waals surface area contributed by atoms with Gasteiger partial charge in [-0.2, -0.15) is 5.10 Å². The molecule has 2 aromatic carbocycles. The fourth-order valence-corrected chi connectivity index (χ4v) is 4.19. The Morgan fingerprint density at radius 3 is 2.35 bits per heavy atom. The van der Waals surface area contributed by atoms with Gasteiger partial charge in [-0.25, -0.2) is 4.68 Å². The Hall–Kier alpha value is -3.12. The van der Waals surface area contributed by atoms with Gasteiger partial charge in [-0.1, -0.05) is 18.2 Å². The lowest BCUT2D eigenvalue weighted by atomic mass is 10.1. The number of aromatic nitrogens is 2. The highest BCUT2D eigenvalue weighted by Crippen LogP contribution is 2.31. The number of ether oxygens (including phenoxy) is 1. The number of hydrogen-bond donors (Lipinski definition) is 0. The molecule has 0 N–H and O–H groups in total. The van der Waals surface area contributed by atoms with E-state index in [-0.39, 0.29) is 0 Å². The number of carbonyl (C=O) groups excluding carboxylic acids is 1. The molecule has 160 valence electrons. The Bertz CT molecular complexity index is 1030. The third kappa shape index (κ3) is 4.35. The van der Waals surface area contributed by atoms with Crippen molar-refractivity contribution < 1.29 is 9.53 Å². The molecule has 0 atom stereocenters. The summed E-state index contributed by atoms with van der Waals surface area (Å²) in [5.74, 6) is 1.50. The molecule has 6 nitrogen and oxygen atoms in total. The smallest absolute Gasteiger partial charge is 0.225 e. The molecule has 1 aliphatic carbocycles. The van der Waals surface area contributed by atoms with E-state index in [1.165, 1.54) is 5.56 Å². The second-order valence-electron chi connectivity index (χ2n) is 8.39. The lowest BCUT2D eigenvalue weighted by molar-refractivity contribution is -0.134. The van der Waals surface area contributed by atoms with Gasteiger partial charge >= 0.3 is 0 Å². The van der Waals surface area contributed by atoms with Gasteiger partial charge in [0.05, 0.1) is 18.5 Å². The SMILES string of the molecule is COc1ccc(-c2nn(-c3ccccc3)cc2CN2CCN(C(=O)C3CC3)CC2)cc1. The van der Waals surface area contributed by atoms with Gasteiger partial charge in [0.1, 0.15) is 5.75 Å². The van der Waals surface area contributed by atoms with E-state index in [0.29, 0.717) is 11.8 Å². The van der Waals surface area contributed by atoms with E-state index < -0.39 is 0 Å². The normalized spacial score (nSPS) is 17.0. The Morgan fingerprint density at radius 1 is 1.00 bits per heavy atom. The number of rotatable bonds is 6. The molecule has 0 spiro atoms. The molecule has 0 radical (unpaired) electrons. The molecule has 0 bridgehead atoms. The molecule has 1 saturated heterocycles. The van der Waals surface area contributed by atoms with Crippen LogP contribution in [-0.2, 0) is 11.3 Å². The van der Waals surface area contributed by atoms with Crippen LogP contribution in [0.2, 0.25) is 0 Å². The average Bonchev–Trinajstić information content (AvgIpc) is 3.60. The van der Waals surface area contributed by atoms with Crippen LogP contribution in [0.1, 0.15) is 18.4 Å². The number of benzene rings is 2. The highest BCUT2D eigenvalue weighted by Gasteiger charge is 2.34. The van der Waals surface area contributed by atoms with Crippen molar-refractivity contribution in [2.24, 2.45) is 5.92 Å². The first kappa shape index (κ1) is 19.8. The summed E-state index contributed by atoms with van der Waals surface area (Å²) in [5.41, 5.74) is 4.30. The second-order valence-corrected chi connectivity index (χ2v) is 8.39. The highest BCUT2D eigenvalue weighted by atomic mass is 16.5. The molecular weight excluding hydrogens is 388 g/mol. The van der Waals surface area contributed by atoms with Gasteiger partial charge in [-0.15, -0.1) is 0 Å². The monoisotopic (exact) mass is 416 g/mol. The molecule has 5 rings (SSSR count). The predicted molar refractivity (Wildman–Crippen MR) is 120 cm³/mol. The Kier molecular flexibility index (Phi) is 5.47. The van der Waals surface area contributed by atoms with Crippen LogP contribution in [0.5, 0.6) is 5.75 Å². The van der Waals surface area contributed by atoms with Gasteiger partial charge in [0.15, 0.2) is 0 Å². The molecule has 1 amide bonds. The minimum absolute atomic E-state index is 0.303. The zero-order valence-electron chi connectivity index (χ0n) is 17.9. The number of nitrogens with zero attached hydrogens (tertiary/aromatic N) is 4. The average molecular weight is 417 g/mol. The first-order chi connectivity index (χ1) is 15.2. The van der Waals surface area contributed by atoms with Crippen molar-refractivity contribution in [1.82, 2.24) is 19.6 Å². The first-order valence-corrected chi connectivity index (χ1v) is 11.0. The molecule has 0 unspecified atom stereocenters. The van der Waals surface area contributed by atoms with Crippen LogP contribution >= 0.6 is 0 Å². The third-order valence-electron chi connectivity index (χ3n) is 6.18.